The fourth-order valence-electron chi connectivity index (χ4n) is 3.30. The van der Waals surface area contributed by atoms with Gasteiger partial charge in [0.15, 0.2) is 11.5 Å². The summed E-state index contributed by atoms with van der Waals surface area (Å²) in [6.07, 6.45) is 2.85. The van der Waals surface area contributed by atoms with Gasteiger partial charge in [-0.25, -0.2) is 4.79 Å². The second-order valence-electron chi connectivity index (χ2n) is 6.97. The lowest BCUT2D eigenvalue weighted by atomic mass is 10.2. The van der Waals surface area contributed by atoms with E-state index in [0.29, 0.717) is 57.6 Å². The Morgan fingerprint density at radius 1 is 1.21 bits per heavy atom. The van der Waals surface area contributed by atoms with Crippen LogP contribution in [-0.4, -0.2) is 68.5 Å². The normalized spacial score (nSPS) is 15.0. The monoisotopic (exact) mass is 496 g/mol. The highest BCUT2D eigenvalue weighted by Crippen LogP contribution is 2.36. The molecule has 0 saturated carbocycles. The van der Waals surface area contributed by atoms with E-state index >= 15 is 0 Å². The van der Waals surface area contributed by atoms with Gasteiger partial charge in [-0.05, 0) is 30.7 Å². The summed E-state index contributed by atoms with van der Waals surface area (Å²) in [7, 11) is 2.97. The zero-order valence-electron chi connectivity index (χ0n) is 18.6. The van der Waals surface area contributed by atoms with Crippen molar-refractivity contribution >= 4 is 47.0 Å². The fraction of sp³-hybridized carbons (Fsp3) is 0.409. The maximum atomic E-state index is 13.2. The molecule has 11 heteroatoms. The van der Waals surface area contributed by atoms with Crippen molar-refractivity contribution in [2.45, 2.75) is 13.5 Å². The minimum Gasteiger partial charge on any atom is -0.493 e. The molecule has 33 heavy (non-hydrogen) atoms. The Morgan fingerprint density at radius 2 is 1.94 bits per heavy atom. The van der Waals surface area contributed by atoms with Crippen LogP contribution >= 0.6 is 22.9 Å². The molecular formula is C22H25ClN2O7S. The first-order chi connectivity index (χ1) is 15.9. The third-order valence-electron chi connectivity index (χ3n) is 4.88. The number of hydrogen-bond donors (Lipinski definition) is 0. The molecule has 1 saturated heterocycles. The topological polar surface area (TPSA) is 96.3 Å². The summed E-state index contributed by atoms with van der Waals surface area (Å²) in [5.74, 6) is -0.0225. The quantitative estimate of drug-likeness (QED) is 0.518. The highest BCUT2D eigenvalue weighted by atomic mass is 35.5. The number of amides is 1. The van der Waals surface area contributed by atoms with Gasteiger partial charge >= 0.3 is 5.97 Å². The lowest BCUT2D eigenvalue weighted by molar-refractivity contribution is -0.136. The number of esters is 1. The molecule has 0 atom stereocenters. The lowest BCUT2D eigenvalue weighted by Crippen LogP contribution is -2.45. The van der Waals surface area contributed by atoms with E-state index in [1.54, 1.807) is 30.0 Å². The van der Waals surface area contributed by atoms with Crippen LogP contribution < -0.4 is 24.2 Å². The maximum absolute atomic E-state index is 13.2. The van der Waals surface area contributed by atoms with Crippen molar-refractivity contribution in [1.82, 2.24) is 9.47 Å². The van der Waals surface area contributed by atoms with E-state index < -0.39 is 11.5 Å². The summed E-state index contributed by atoms with van der Waals surface area (Å²) < 4.78 is 22.8. The van der Waals surface area contributed by atoms with Gasteiger partial charge in [0.2, 0.25) is 5.91 Å². The smallest absolute Gasteiger partial charge is 0.333 e. The molecule has 178 valence electrons. The number of morpholine rings is 1. The number of ether oxygens (including phenoxy) is 4. The van der Waals surface area contributed by atoms with Crippen LogP contribution in [0.3, 0.4) is 0 Å². The Labute approximate surface area is 199 Å². The van der Waals surface area contributed by atoms with Crippen LogP contribution in [0.2, 0.25) is 5.02 Å². The highest BCUT2D eigenvalue weighted by molar-refractivity contribution is 7.07. The highest BCUT2D eigenvalue weighted by Gasteiger charge is 2.19. The molecule has 1 amide bonds. The third kappa shape index (κ3) is 5.95. The molecule has 3 rings (SSSR count). The summed E-state index contributed by atoms with van der Waals surface area (Å²) in [5, 5.41) is 0.320. The molecule has 0 spiro atoms. The number of thiazole rings is 1. The van der Waals surface area contributed by atoms with E-state index in [-0.39, 0.29) is 19.1 Å². The van der Waals surface area contributed by atoms with Gasteiger partial charge in [0.1, 0.15) is 11.2 Å². The zero-order chi connectivity index (χ0) is 24.0. The molecular weight excluding hydrogens is 472 g/mol. The molecule has 1 aromatic carbocycles. The van der Waals surface area contributed by atoms with Crippen LogP contribution in [0.15, 0.2) is 16.9 Å². The Morgan fingerprint density at radius 3 is 2.58 bits per heavy atom. The number of benzene rings is 1. The number of nitrogens with zero attached hydrogens (tertiary/aromatic N) is 2. The van der Waals surface area contributed by atoms with Crippen LogP contribution in [0.4, 0.5) is 0 Å². The van der Waals surface area contributed by atoms with Crippen molar-refractivity contribution in [3.63, 3.8) is 0 Å². The fourth-order valence-corrected chi connectivity index (χ4v) is 4.63. The summed E-state index contributed by atoms with van der Waals surface area (Å²) in [5.41, 5.74) is 0.202. The summed E-state index contributed by atoms with van der Waals surface area (Å²) in [4.78, 5) is 39.7. The first-order valence-electron chi connectivity index (χ1n) is 10.2. The Kier molecular flexibility index (Phi) is 8.54. The number of methoxy groups -OCH3 is 2. The van der Waals surface area contributed by atoms with Gasteiger partial charge in [-0.2, -0.15) is 0 Å². The van der Waals surface area contributed by atoms with E-state index in [0.717, 1.165) is 11.3 Å². The molecule has 1 aliphatic rings. The molecule has 0 bridgehead atoms. The van der Waals surface area contributed by atoms with Crippen molar-refractivity contribution in [2.75, 3.05) is 47.1 Å². The Bertz CT molecular complexity index is 1200. The van der Waals surface area contributed by atoms with Crippen LogP contribution in [-0.2, 0) is 25.6 Å². The van der Waals surface area contributed by atoms with Gasteiger partial charge in [-0.1, -0.05) is 11.6 Å². The molecule has 9 nitrogen and oxygen atoms in total. The largest absolute Gasteiger partial charge is 0.493 e. The van der Waals surface area contributed by atoms with Crippen molar-refractivity contribution in [3.05, 3.63) is 42.3 Å². The minimum atomic E-state index is -0.591. The number of carbonyl (C=O) groups is 2. The molecule has 0 aliphatic carbocycles. The molecule has 2 aromatic rings. The van der Waals surface area contributed by atoms with Gasteiger partial charge in [0.05, 0.1) is 49.7 Å². The lowest BCUT2D eigenvalue weighted by Gasteiger charge is -2.26. The number of carbonyl (C=O) groups excluding carboxylic acids is 2. The van der Waals surface area contributed by atoms with Crippen molar-refractivity contribution < 1.29 is 28.5 Å². The van der Waals surface area contributed by atoms with Gasteiger partial charge < -0.3 is 23.8 Å². The molecule has 0 radical (unpaired) electrons. The number of hydrogen-bond acceptors (Lipinski definition) is 8. The summed E-state index contributed by atoms with van der Waals surface area (Å²) in [6, 6.07) is 3.32. The second kappa shape index (κ2) is 11.4. The van der Waals surface area contributed by atoms with Gasteiger partial charge in [-0.15, -0.1) is 11.3 Å². The van der Waals surface area contributed by atoms with Crippen molar-refractivity contribution in [3.8, 4) is 11.5 Å². The van der Waals surface area contributed by atoms with E-state index in [1.807, 2.05) is 0 Å². The standard InChI is InChI=1S/C22H25ClN2O7S/c1-4-32-20(27)12-19-25(13-18(26)24-5-7-31-8-6-24)22(28)17(33-19)11-14-9-15(23)21(30-3)16(10-14)29-2/h9-12H,4-8,13H2,1-3H3/b17-11-,19-12-. The van der Waals surface area contributed by atoms with Crippen LogP contribution in [0, 0.1) is 0 Å². The predicted octanol–water partition coefficient (Wildman–Crippen LogP) is 0.612. The third-order valence-corrected chi connectivity index (χ3v) is 6.22. The average Bonchev–Trinajstić information content (AvgIpc) is 3.08. The molecule has 0 unspecified atom stereocenters. The van der Waals surface area contributed by atoms with Gasteiger partial charge in [-0.3, -0.25) is 14.2 Å². The van der Waals surface area contributed by atoms with Crippen LogP contribution in [0.5, 0.6) is 11.5 Å². The van der Waals surface area contributed by atoms with E-state index in [2.05, 4.69) is 0 Å². The molecule has 1 aliphatic heterocycles. The van der Waals surface area contributed by atoms with Crippen LogP contribution in [0.1, 0.15) is 12.5 Å². The number of aromatic nitrogens is 1. The first kappa shape index (κ1) is 24.8. The SMILES string of the molecule is CCOC(=O)/C=c1\s/c(=C\c2cc(Cl)c(OC)c(OC)c2)c(=O)n1CC(=O)N1CCOCC1. The van der Waals surface area contributed by atoms with E-state index in [4.69, 9.17) is 30.5 Å². The van der Waals surface area contributed by atoms with Gasteiger partial charge in [0.25, 0.3) is 5.56 Å². The first-order valence-corrected chi connectivity index (χ1v) is 11.4. The van der Waals surface area contributed by atoms with Gasteiger partial charge in [0, 0.05) is 13.1 Å². The van der Waals surface area contributed by atoms with Crippen molar-refractivity contribution in [1.29, 1.82) is 0 Å². The summed E-state index contributed by atoms with van der Waals surface area (Å²) in [6.45, 7) is 3.50. The maximum Gasteiger partial charge on any atom is 0.333 e. The second-order valence-corrected chi connectivity index (χ2v) is 8.44. The average molecular weight is 497 g/mol. The molecule has 0 N–H and O–H groups in total. The van der Waals surface area contributed by atoms with E-state index in [9.17, 15) is 14.4 Å². The molecule has 1 fully saturated rings. The van der Waals surface area contributed by atoms with Crippen molar-refractivity contribution in [2.24, 2.45) is 0 Å². The number of halogens is 1. The minimum absolute atomic E-state index is 0.193. The summed E-state index contributed by atoms with van der Waals surface area (Å²) >= 11 is 7.36. The molecule has 2 heterocycles. The Balaban J connectivity index is 2.08. The zero-order valence-corrected chi connectivity index (χ0v) is 20.2. The molecule has 1 aromatic heterocycles. The predicted molar refractivity (Wildman–Crippen MR) is 124 cm³/mol. The van der Waals surface area contributed by atoms with E-state index in [1.165, 1.54) is 24.9 Å². The number of rotatable bonds is 7. The Hall–Kier alpha value is -2.82. The van der Waals surface area contributed by atoms with Crippen LogP contribution in [0.25, 0.3) is 12.2 Å².